The lowest BCUT2D eigenvalue weighted by atomic mass is 9.61. The fraction of sp³-hybridized carbons (Fsp3) is 0.542. The van der Waals surface area contributed by atoms with Gasteiger partial charge in [0.05, 0.1) is 5.92 Å². The number of ketones is 1. The summed E-state index contributed by atoms with van der Waals surface area (Å²) in [5, 5.41) is 0. The number of nitrogens with zero attached hydrogens (tertiary/aromatic N) is 3. The number of hydrogen-bond acceptors (Lipinski definition) is 6. The lowest BCUT2D eigenvalue weighted by molar-refractivity contribution is -0.144. The maximum atomic E-state index is 12.9. The number of rotatable bonds is 3. The van der Waals surface area contributed by atoms with Gasteiger partial charge in [0.25, 0.3) is 0 Å². The van der Waals surface area contributed by atoms with Crippen LogP contribution in [0.2, 0.25) is 0 Å². The van der Waals surface area contributed by atoms with Crippen LogP contribution in [0.25, 0.3) is 0 Å². The van der Waals surface area contributed by atoms with Crippen LogP contribution in [0.15, 0.2) is 47.7 Å². The van der Waals surface area contributed by atoms with Crippen LogP contribution in [0, 0.1) is 17.3 Å². The van der Waals surface area contributed by atoms with Gasteiger partial charge in [0.15, 0.2) is 5.78 Å². The van der Waals surface area contributed by atoms with Crippen molar-refractivity contribution in [3.8, 4) is 0 Å². The number of esters is 1. The molecule has 2 aliphatic carbocycles. The van der Waals surface area contributed by atoms with Crippen molar-refractivity contribution in [1.82, 2.24) is 9.88 Å². The van der Waals surface area contributed by atoms with E-state index in [9.17, 15) is 9.59 Å². The van der Waals surface area contributed by atoms with E-state index in [0.717, 1.165) is 62.5 Å². The van der Waals surface area contributed by atoms with Crippen LogP contribution in [-0.2, 0) is 14.3 Å². The number of aromatic nitrogens is 1. The molecule has 0 N–H and O–H groups in total. The van der Waals surface area contributed by atoms with Gasteiger partial charge in [-0.3, -0.25) is 14.5 Å². The Hall–Kier alpha value is -2.47. The molecule has 4 aliphatic rings. The molecule has 1 aromatic heterocycles. The summed E-state index contributed by atoms with van der Waals surface area (Å²) in [7, 11) is 0. The van der Waals surface area contributed by atoms with E-state index >= 15 is 0 Å². The van der Waals surface area contributed by atoms with E-state index in [1.165, 1.54) is 0 Å². The van der Waals surface area contributed by atoms with Crippen LogP contribution >= 0.6 is 0 Å². The number of fused-ring (bicyclic) bond motifs is 3. The molecule has 0 unspecified atom stereocenters. The second-order valence-corrected chi connectivity index (χ2v) is 9.30. The highest BCUT2D eigenvalue weighted by Crippen LogP contribution is 2.53. The SMILES string of the molecule is CC1=C2[C@H]3OC(=O)[C@H](CN4CCN(c5ccccn5)CC4)[C@@H]3CC[C@@]2(C)C=CC1=O. The fourth-order valence-corrected chi connectivity index (χ4v) is 5.76. The summed E-state index contributed by atoms with van der Waals surface area (Å²) in [6.45, 7) is 8.45. The van der Waals surface area contributed by atoms with E-state index in [1.807, 2.05) is 37.4 Å². The number of hydrogen-bond donors (Lipinski definition) is 0. The third kappa shape index (κ3) is 3.18. The molecule has 0 spiro atoms. The minimum atomic E-state index is -0.245. The highest BCUT2D eigenvalue weighted by atomic mass is 16.6. The van der Waals surface area contributed by atoms with E-state index in [-0.39, 0.29) is 35.1 Å². The topological polar surface area (TPSA) is 62.7 Å². The molecule has 1 saturated carbocycles. The normalized spacial score (nSPS) is 34.1. The van der Waals surface area contributed by atoms with E-state index in [1.54, 1.807) is 6.08 Å². The van der Waals surface area contributed by atoms with Crippen molar-refractivity contribution in [3.05, 3.63) is 47.7 Å². The van der Waals surface area contributed by atoms with Gasteiger partial charge >= 0.3 is 5.97 Å². The quantitative estimate of drug-likeness (QED) is 0.718. The maximum absolute atomic E-state index is 12.9. The molecule has 3 heterocycles. The lowest BCUT2D eigenvalue weighted by Gasteiger charge is -2.43. The molecule has 3 fully saturated rings. The predicted octanol–water partition coefficient (Wildman–Crippen LogP) is 2.62. The average Bonchev–Trinajstić information content (AvgIpc) is 3.07. The average molecular weight is 408 g/mol. The van der Waals surface area contributed by atoms with Gasteiger partial charge < -0.3 is 9.64 Å². The zero-order valence-corrected chi connectivity index (χ0v) is 17.7. The minimum Gasteiger partial charge on any atom is -0.457 e. The first kappa shape index (κ1) is 19.5. The summed E-state index contributed by atoms with van der Waals surface area (Å²) in [6.07, 6.45) is 7.21. The van der Waals surface area contributed by atoms with Gasteiger partial charge in [-0.2, -0.15) is 0 Å². The zero-order valence-electron chi connectivity index (χ0n) is 17.7. The molecule has 158 valence electrons. The number of ether oxygens (including phenoxy) is 1. The molecule has 5 rings (SSSR count). The van der Waals surface area contributed by atoms with Crippen molar-refractivity contribution in [3.63, 3.8) is 0 Å². The first-order valence-corrected chi connectivity index (χ1v) is 11.0. The standard InChI is InChI=1S/C24H29N3O3/c1-16-19(28)7-9-24(2)8-6-17-18(23(29)30-22(17)21(16)24)15-26-11-13-27(14-12-26)20-5-3-4-10-25-20/h3-5,7,9-10,17-18,22H,6,8,11-15H2,1-2H3/t17-,18+,22-,24-/m0/s1. The van der Waals surface area contributed by atoms with Crippen LogP contribution in [-0.4, -0.2) is 60.5 Å². The summed E-state index contributed by atoms with van der Waals surface area (Å²) < 4.78 is 5.93. The summed E-state index contributed by atoms with van der Waals surface area (Å²) in [5.41, 5.74) is 1.65. The Labute approximate surface area is 177 Å². The number of piperazine rings is 1. The van der Waals surface area contributed by atoms with Gasteiger partial charge in [-0.15, -0.1) is 0 Å². The third-order valence-electron chi connectivity index (χ3n) is 7.53. The van der Waals surface area contributed by atoms with E-state index in [2.05, 4.69) is 21.7 Å². The van der Waals surface area contributed by atoms with Crippen molar-refractivity contribution in [2.45, 2.75) is 32.8 Å². The Morgan fingerprint density at radius 3 is 2.73 bits per heavy atom. The Morgan fingerprint density at radius 1 is 1.20 bits per heavy atom. The number of pyridine rings is 1. The van der Waals surface area contributed by atoms with Gasteiger partial charge in [0.1, 0.15) is 11.9 Å². The third-order valence-corrected chi connectivity index (χ3v) is 7.53. The van der Waals surface area contributed by atoms with Crippen LogP contribution in [0.4, 0.5) is 5.82 Å². The van der Waals surface area contributed by atoms with Gasteiger partial charge in [-0.05, 0) is 43.5 Å². The highest BCUT2D eigenvalue weighted by Gasteiger charge is 2.54. The Balaban J connectivity index is 1.28. The molecule has 6 nitrogen and oxygen atoms in total. The van der Waals surface area contributed by atoms with Crippen molar-refractivity contribution in [1.29, 1.82) is 0 Å². The molecule has 0 bridgehead atoms. The van der Waals surface area contributed by atoms with Gasteiger partial charge in [0, 0.05) is 55.8 Å². The predicted molar refractivity (Wildman–Crippen MR) is 114 cm³/mol. The summed E-state index contributed by atoms with van der Waals surface area (Å²) in [5.74, 6) is 1.03. The highest BCUT2D eigenvalue weighted by molar-refractivity contribution is 6.05. The molecule has 0 amide bonds. The molecule has 0 aromatic carbocycles. The summed E-state index contributed by atoms with van der Waals surface area (Å²) >= 11 is 0. The minimum absolute atomic E-state index is 0.0493. The molecule has 1 aromatic rings. The molecule has 30 heavy (non-hydrogen) atoms. The van der Waals surface area contributed by atoms with Crippen LogP contribution in [0.1, 0.15) is 26.7 Å². The first-order chi connectivity index (χ1) is 14.5. The van der Waals surface area contributed by atoms with Crippen LogP contribution in [0.3, 0.4) is 0 Å². The second-order valence-electron chi connectivity index (χ2n) is 9.30. The van der Waals surface area contributed by atoms with Gasteiger partial charge in [0.2, 0.25) is 0 Å². The Bertz CT molecular complexity index is 917. The van der Waals surface area contributed by atoms with E-state index in [4.69, 9.17) is 4.74 Å². The molecule has 4 atom stereocenters. The number of carbonyl (C=O) groups excluding carboxylic acids is 2. The number of carbonyl (C=O) groups is 2. The van der Waals surface area contributed by atoms with E-state index < -0.39 is 0 Å². The summed E-state index contributed by atoms with van der Waals surface area (Å²) in [4.78, 5) is 34.3. The molecule has 0 radical (unpaired) electrons. The van der Waals surface area contributed by atoms with Crippen molar-refractivity contribution in [2.75, 3.05) is 37.6 Å². The zero-order chi connectivity index (χ0) is 20.9. The van der Waals surface area contributed by atoms with Crippen molar-refractivity contribution < 1.29 is 14.3 Å². The number of anilines is 1. The van der Waals surface area contributed by atoms with Gasteiger partial charge in [-0.1, -0.05) is 19.1 Å². The molecular formula is C24H29N3O3. The molecule has 6 heteroatoms. The number of allylic oxidation sites excluding steroid dienone is 3. The fourth-order valence-electron chi connectivity index (χ4n) is 5.76. The maximum Gasteiger partial charge on any atom is 0.311 e. The lowest BCUT2D eigenvalue weighted by Crippen LogP contribution is -2.49. The first-order valence-electron chi connectivity index (χ1n) is 11.0. The molecule has 2 aliphatic heterocycles. The summed E-state index contributed by atoms with van der Waals surface area (Å²) in [6, 6.07) is 6.00. The monoisotopic (exact) mass is 407 g/mol. The van der Waals surface area contributed by atoms with Crippen LogP contribution < -0.4 is 4.90 Å². The van der Waals surface area contributed by atoms with Crippen molar-refractivity contribution >= 4 is 17.6 Å². The largest absolute Gasteiger partial charge is 0.457 e. The van der Waals surface area contributed by atoms with Crippen LogP contribution in [0.5, 0.6) is 0 Å². The van der Waals surface area contributed by atoms with E-state index in [0.29, 0.717) is 0 Å². The van der Waals surface area contributed by atoms with Gasteiger partial charge in [-0.25, -0.2) is 4.98 Å². The molecule has 2 saturated heterocycles. The molecular weight excluding hydrogens is 378 g/mol. The van der Waals surface area contributed by atoms with Crippen molar-refractivity contribution in [2.24, 2.45) is 17.3 Å². The Morgan fingerprint density at radius 2 is 2.00 bits per heavy atom. The second kappa shape index (κ2) is 7.34. The Kier molecular flexibility index (Phi) is 4.77. The smallest absolute Gasteiger partial charge is 0.311 e.